The number of halogens is 17. The molecule has 0 fully saturated rings. The predicted octanol–water partition coefficient (Wildman–Crippen LogP) is 7.22. The van der Waals surface area contributed by atoms with Crippen LogP contribution in [-0.2, 0) is 0 Å². The van der Waals surface area contributed by atoms with Gasteiger partial charge in [-0.2, -0.15) is 74.6 Å². The van der Waals surface area contributed by atoms with E-state index in [1.807, 2.05) is 0 Å². The minimum atomic E-state index is -8.70. The highest BCUT2D eigenvalue weighted by Crippen LogP contribution is 2.64. The molecule has 0 amide bonds. The Kier molecular flexibility index (Phi) is 8.05. The van der Waals surface area contributed by atoms with E-state index in [4.69, 9.17) is 0 Å². The average molecular weight is 620 g/mol. The fourth-order valence-electron chi connectivity index (χ4n) is 2.81. The van der Waals surface area contributed by atoms with E-state index in [-0.39, 0.29) is 17.3 Å². The van der Waals surface area contributed by atoms with Gasteiger partial charge < -0.3 is 4.74 Å². The first kappa shape index (κ1) is 33.0. The van der Waals surface area contributed by atoms with Gasteiger partial charge in [0.05, 0.1) is 24.1 Å². The van der Waals surface area contributed by atoms with E-state index in [1.165, 1.54) is 24.3 Å². The van der Waals surface area contributed by atoms with Crippen LogP contribution in [0.15, 0.2) is 24.3 Å². The molecule has 0 bridgehead atoms. The van der Waals surface area contributed by atoms with Crippen LogP contribution in [0.3, 0.4) is 0 Å². The van der Waals surface area contributed by atoms with Gasteiger partial charge in [-0.25, -0.2) is 9.97 Å². The summed E-state index contributed by atoms with van der Waals surface area (Å²) in [6.07, 6.45) is -10.8. The van der Waals surface area contributed by atoms with Gasteiger partial charge in [0, 0.05) is 0 Å². The van der Waals surface area contributed by atoms with Gasteiger partial charge in [0.15, 0.2) is 12.0 Å². The number of carbonyl (C=O) groups excluding carboxylic acids is 1. The van der Waals surface area contributed by atoms with Crippen LogP contribution in [0.4, 0.5) is 74.6 Å². The zero-order valence-electron chi connectivity index (χ0n) is 18.4. The molecule has 2 rings (SSSR count). The summed E-state index contributed by atoms with van der Waals surface area (Å²) in [7, 11) is 0. The number of ether oxygens (including phenoxy) is 1. The smallest absolute Gasteiger partial charge is 0.460 e. The third-order valence-corrected chi connectivity index (χ3v) is 5.12. The van der Waals surface area contributed by atoms with Crippen molar-refractivity contribution in [2.75, 3.05) is 6.61 Å². The molecule has 0 aliphatic heterocycles. The van der Waals surface area contributed by atoms with Crippen molar-refractivity contribution in [3.05, 3.63) is 30.0 Å². The fourth-order valence-corrected chi connectivity index (χ4v) is 2.81. The molecule has 0 saturated heterocycles. The van der Waals surface area contributed by atoms with Crippen molar-refractivity contribution in [2.24, 2.45) is 0 Å². The highest BCUT2D eigenvalue weighted by atomic mass is 19.4. The van der Waals surface area contributed by atoms with E-state index in [0.717, 1.165) is 0 Å². The monoisotopic (exact) mass is 620 g/mol. The van der Waals surface area contributed by atoms with Crippen LogP contribution in [0.5, 0.6) is 5.88 Å². The summed E-state index contributed by atoms with van der Waals surface area (Å²) >= 11 is 0. The number of hydrogen-bond acceptors (Lipinski definition) is 4. The third kappa shape index (κ3) is 4.73. The number of aromatic nitrogens is 2. The van der Waals surface area contributed by atoms with E-state index in [9.17, 15) is 79.4 Å². The normalized spacial score (nSPS) is 14.9. The number of aldehydes is 1. The maximum absolute atomic E-state index is 14.0. The van der Waals surface area contributed by atoms with Crippen molar-refractivity contribution in [3.63, 3.8) is 0 Å². The van der Waals surface area contributed by atoms with Crippen molar-refractivity contribution in [2.45, 2.75) is 54.1 Å². The van der Waals surface area contributed by atoms with Crippen LogP contribution < -0.4 is 4.74 Å². The zero-order chi connectivity index (χ0) is 31.4. The Balaban J connectivity index is 2.40. The lowest BCUT2D eigenvalue weighted by atomic mass is 9.88. The van der Waals surface area contributed by atoms with Crippen LogP contribution in [0.2, 0.25) is 0 Å². The van der Waals surface area contributed by atoms with Gasteiger partial charge in [-0.1, -0.05) is 12.1 Å². The molecule has 0 radical (unpaired) electrons. The second-order valence-electron chi connectivity index (χ2n) is 7.77. The van der Waals surface area contributed by atoms with Gasteiger partial charge in [0.25, 0.3) is 0 Å². The van der Waals surface area contributed by atoms with Crippen molar-refractivity contribution >= 4 is 17.3 Å². The van der Waals surface area contributed by atoms with Gasteiger partial charge in [0.1, 0.15) is 0 Å². The number of hydrogen-bond donors (Lipinski definition) is 0. The Bertz CT molecular complexity index is 1240. The Morgan fingerprint density at radius 1 is 0.600 bits per heavy atom. The number of fused-ring (bicyclic) bond motifs is 1. The molecular formula is C19H9F17N2O2. The topological polar surface area (TPSA) is 52.1 Å². The van der Waals surface area contributed by atoms with Gasteiger partial charge in [-0.3, -0.25) is 4.79 Å². The summed E-state index contributed by atoms with van der Waals surface area (Å²) in [6, 6.07) is 5.16. The lowest BCUT2D eigenvalue weighted by Crippen LogP contribution is -2.74. The molecule has 0 aliphatic carbocycles. The van der Waals surface area contributed by atoms with Gasteiger partial charge in [-0.15, -0.1) is 0 Å². The maximum Gasteiger partial charge on any atom is 0.460 e. The van der Waals surface area contributed by atoms with E-state index >= 15 is 0 Å². The standard InChI is InChI=1S/C19H9F17N2O2/c20-12(21,5-6-40-11-10(7-39)37-8-3-1-2-4-9(8)38-11)13(22,23)14(24,25)15(26,27)16(28,29)17(30,31)18(32,33)19(34,35)36/h1-4,7H,5-6H2. The first-order valence-electron chi connectivity index (χ1n) is 9.81. The quantitative estimate of drug-likeness (QED) is 0.197. The number of benzene rings is 1. The van der Waals surface area contributed by atoms with Crippen LogP contribution in [0, 0.1) is 0 Å². The second-order valence-corrected chi connectivity index (χ2v) is 7.77. The minimum Gasteiger partial charge on any atom is -0.476 e. The maximum atomic E-state index is 14.0. The third-order valence-electron chi connectivity index (χ3n) is 5.12. The van der Waals surface area contributed by atoms with Gasteiger partial charge >= 0.3 is 47.6 Å². The molecule has 0 unspecified atom stereocenters. The van der Waals surface area contributed by atoms with E-state index in [1.54, 1.807) is 0 Å². The molecule has 226 valence electrons. The Morgan fingerprint density at radius 3 is 1.43 bits per heavy atom. The molecule has 2 aromatic rings. The molecule has 1 aromatic carbocycles. The number of rotatable bonds is 11. The predicted molar refractivity (Wildman–Crippen MR) is 95.7 cm³/mol. The largest absolute Gasteiger partial charge is 0.476 e. The number of alkyl halides is 17. The highest BCUT2D eigenvalue weighted by Gasteiger charge is 2.95. The summed E-state index contributed by atoms with van der Waals surface area (Å²) < 4.78 is 230. The zero-order valence-corrected chi connectivity index (χ0v) is 18.4. The highest BCUT2D eigenvalue weighted by molar-refractivity contribution is 5.82. The molecule has 1 heterocycles. The van der Waals surface area contributed by atoms with Crippen molar-refractivity contribution < 1.29 is 84.2 Å². The summed E-state index contributed by atoms with van der Waals surface area (Å²) in [6.45, 7) is -1.95. The Morgan fingerprint density at radius 2 is 1.00 bits per heavy atom. The van der Waals surface area contributed by atoms with Crippen LogP contribution in [0.1, 0.15) is 16.9 Å². The Labute approximate surface area is 209 Å². The molecular weight excluding hydrogens is 611 g/mol. The van der Waals surface area contributed by atoms with Gasteiger partial charge in [0.2, 0.25) is 5.88 Å². The van der Waals surface area contributed by atoms with Crippen LogP contribution >= 0.6 is 0 Å². The molecule has 21 heteroatoms. The van der Waals surface area contributed by atoms with Crippen molar-refractivity contribution in [1.82, 2.24) is 9.97 Å². The van der Waals surface area contributed by atoms with E-state index in [0.29, 0.717) is 0 Å². The minimum absolute atomic E-state index is 0.00971. The summed E-state index contributed by atoms with van der Waals surface area (Å²) in [4.78, 5) is 18.2. The van der Waals surface area contributed by atoms with Crippen molar-refractivity contribution in [3.8, 4) is 5.88 Å². The van der Waals surface area contributed by atoms with Crippen LogP contribution in [-0.4, -0.2) is 70.5 Å². The summed E-state index contributed by atoms with van der Waals surface area (Å²) in [5.74, 6) is -58.0. The van der Waals surface area contributed by atoms with Gasteiger partial charge in [-0.05, 0) is 12.1 Å². The molecule has 0 N–H and O–H groups in total. The molecule has 0 aliphatic rings. The SMILES string of the molecule is O=Cc1nc2ccccc2nc1OCCC(F)(F)C(F)(F)C(F)(F)C(F)(F)C(F)(F)C(F)(F)C(F)(F)C(F)(F)F. The number of carbonyl (C=O) groups is 1. The second kappa shape index (κ2) is 9.74. The number of para-hydroxylation sites is 2. The first-order valence-corrected chi connectivity index (χ1v) is 9.81. The lowest BCUT2D eigenvalue weighted by molar-refractivity contribution is -0.461. The first-order chi connectivity index (χ1) is 17.7. The molecule has 0 spiro atoms. The summed E-state index contributed by atoms with van der Waals surface area (Å²) in [5, 5.41) is 0. The number of nitrogens with zero attached hydrogens (tertiary/aromatic N) is 2. The molecule has 1 aromatic heterocycles. The van der Waals surface area contributed by atoms with Crippen molar-refractivity contribution in [1.29, 1.82) is 0 Å². The van der Waals surface area contributed by atoms with E-state index in [2.05, 4.69) is 14.7 Å². The van der Waals surface area contributed by atoms with Crippen LogP contribution in [0.25, 0.3) is 11.0 Å². The molecule has 0 saturated carbocycles. The lowest BCUT2D eigenvalue weighted by Gasteiger charge is -2.42. The fraction of sp³-hybridized carbons (Fsp3) is 0.526. The Hall–Kier alpha value is -3.16. The summed E-state index contributed by atoms with van der Waals surface area (Å²) in [5.41, 5.74) is -0.923. The van der Waals surface area contributed by atoms with E-state index < -0.39 is 72.2 Å². The molecule has 40 heavy (non-hydrogen) atoms. The molecule has 0 atom stereocenters. The average Bonchev–Trinajstić information content (AvgIpc) is 2.81. The molecule has 4 nitrogen and oxygen atoms in total.